The van der Waals surface area contributed by atoms with E-state index in [1.807, 2.05) is 6.07 Å². The number of H-pyrrole nitrogens is 1. The number of aromatic amines is 1. The number of imidazole rings is 1. The van der Waals surface area contributed by atoms with E-state index in [2.05, 4.69) is 32.1 Å². The van der Waals surface area contributed by atoms with Gasteiger partial charge in [-0.2, -0.15) is 13.2 Å². The molecule has 222 valence electrons. The molecule has 1 aliphatic heterocycles. The lowest BCUT2D eigenvalue weighted by molar-refractivity contribution is -0.137. The summed E-state index contributed by atoms with van der Waals surface area (Å²) in [6.07, 6.45) is -3.72. The van der Waals surface area contributed by atoms with E-state index in [0.717, 1.165) is 56.7 Å². The first-order valence-electron chi connectivity index (χ1n) is 13.5. The Kier molecular flexibility index (Phi) is 8.50. The summed E-state index contributed by atoms with van der Waals surface area (Å²) in [4.78, 5) is 25.4. The zero-order valence-electron chi connectivity index (χ0n) is 22.9. The number of nitrogens with one attached hydrogen (secondary N) is 2. The summed E-state index contributed by atoms with van der Waals surface area (Å²) in [7, 11) is 2.14. The van der Waals surface area contributed by atoms with Crippen LogP contribution in [0.4, 0.5) is 39.7 Å². The van der Waals surface area contributed by atoms with Crippen LogP contribution in [0.1, 0.15) is 12.0 Å². The van der Waals surface area contributed by atoms with Gasteiger partial charge >= 0.3 is 12.2 Å². The van der Waals surface area contributed by atoms with Crippen LogP contribution in [0.25, 0.3) is 11.0 Å². The van der Waals surface area contributed by atoms with Crippen molar-refractivity contribution in [3.8, 4) is 11.5 Å². The number of carbonyl (C=O) groups excluding carboxylic acids is 1. The quantitative estimate of drug-likeness (QED) is 0.170. The predicted molar refractivity (Wildman–Crippen MR) is 153 cm³/mol. The number of hydrogen-bond acceptors (Lipinski definition) is 6. The second-order valence-corrected chi connectivity index (χ2v) is 10.1. The van der Waals surface area contributed by atoms with Crippen LogP contribution in [-0.2, 0) is 6.18 Å². The Morgan fingerprint density at radius 3 is 2.45 bits per heavy atom. The fraction of sp³-hybridized carbons (Fsp3) is 0.310. The van der Waals surface area contributed by atoms with Crippen LogP contribution in [0, 0.1) is 5.82 Å². The van der Waals surface area contributed by atoms with Gasteiger partial charge in [0.05, 0.1) is 28.0 Å². The van der Waals surface area contributed by atoms with Crippen molar-refractivity contribution in [3.63, 3.8) is 0 Å². The van der Waals surface area contributed by atoms with E-state index in [4.69, 9.17) is 10.5 Å². The zero-order chi connectivity index (χ0) is 29.9. The summed E-state index contributed by atoms with van der Waals surface area (Å²) in [5, 5.41) is 3.33. The molecule has 2 heterocycles. The number of alkyl halides is 3. The van der Waals surface area contributed by atoms with E-state index in [-0.39, 0.29) is 5.69 Å². The van der Waals surface area contributed by atoms with Gasteiger partial charge in [0.1, 0.15) is 17.3 Å². The van der Waals surface area contributed by atoms with Gasteiger partial charge in [0.15, 0.2) is 0 Å². The average molecular weight is 586 g/mol. The van der Waals surface area contributed by atoms with Crippen molar-refractivity contribution in [2.45, 2.75) is 12.6 Å². The van der Waals surface area contributed by atoms with Gasteiger partial charge in [-0.05, 0) is 74.6 Å². The summed E-state index contributed by atoms with van der Waals surface area (Å²) in [6, 6.07) is 11.8. The molecular weight excluding hydrogens is 554 g/mol. The molecule has 5 rings (SSSR count). The van der Waals surface area contributed by atoms with E-state index >= 15 is 0 Å². The number of carbonyl (C=O) groups is 1. The summed E-state index contributed by atoms with van der Waals surface area (Å²) in [5.74, 6) is 0.530. The number of ether oxygens (including phenoxy) is 1. The predicted octanol–water partition coefficient (Wildman–Crippen LogP) is 5.78. The molecule has 1 aromatic heterocycles. The van der Waals surface area contributed by atoms with E-state index in [0.29, 0.717) is 40.5 Å². The molecule has 0 aliphatic carbocycles. The van der Waals surface area contributed by atoms with Crippen molar-refractivity contribution in [3.05, 3.63) is 72.0 Å². The number of rotatable bonds is 9. The summed E-state index contributed by atoms with van der Waals surface area (Å²) < 4.78 is 59.9. The Hall–Kier alpha value is -4.36. The molecule has 0 saturated carbocycles. The number of primary amides is 1. The molecule has 0 spiro atoms. The highest BCUT2D eigenvalue weighted by atomic mass is 19.4. The van der Waals surface area contributed by atoms with Gasteiger partial charge in [-0.1, -0.05) is 0 Å². The fourth-order valence-corrected chi connectivity index (χ4v) is 4.76. The SMILES string of the molecule is CN1CCN(CCCNc2nc3ccc(Oc4ccc(N(C(N)=O)c5cc(C(F)(F)F)ccc5F)cc4)cc3[nH]2)CC1. The molecule has 42 heavy (non-hydrogen) atoms. The van der Waals surface area contributed by atoms with Crippen LogP contribution < -0.4 is 20.7 Å². The number of piperazine rings is 1. The Balaban J connectivity index is 1.22. The van der Waals surface area contributed by atoms with Crippen molar-refractivity contribution in [1.29, 1.82) is 0 Å². The third kappa shape index (κ3) is 6.92. The lowest BCUT2D eigenvalue weighted by Crippen LogP contribution is -2.44. The first-order chi connectivity index (χ1) is 20.1. The highest BCUT2D eigenvalue weighted by molar-refractivity contribution is 5.98. The minimum absolute atomic E-state index is 0.0698. The highest BCUT2D eigenvalue weighted by Crippen LogP contribution is 2.36. The molecule has 0 radical (unpaired) electrons. The van der Waals surface area contributed by atoms with Gasteiger partial charge in [0.2, 0.25) is 5.95 Å². The van der Waals surface area contributed by atoms with Crippen LogP contribution in [0.5, 0.6) is 11.5 Å². The molecule has 9 nitrogen and oxygen atoms in total. The molecule has 0 unspecified atom stereocenters. The number of hydrogen-bond donors (Lipinski definition) is 3. The van der Waals surface area contributed by atoms with Crippen molar-refractivity contribution in [2.75, 3.05) is 56.5 Å². The first-order valence-corrected chi connectivity index (χ1v) is 13.5. The van der Waals surface area contributed by atoms with Gasteiger partial charge in [-0.3, -0.25) is 4.90 Å². The first kappa shape index (κ1) is 29.1. The van der Waals surface area contributed by atoms with Crippen molar-refractivity contribution in [1.82, 2.24) is 19.8 Å². The van der Waals surface area contributed by atoms with E-state index in [1.54, 1.807) is 12.1 Å². The van der Waals surface area contributed by atoms with Gasteiger partial charge in [0, 0.05) is 38.8 Å². The monoisotopic (exact) mass is 585 g/mol. The smallest absolute Gasteiger partial charge is 0.416 e. The number of halogens is 4. The number of amides is 2. The molecule has 1 saturated heterocycles. The summed E-state index contributed by atoms with van der Waals surface area (Å²) in [5.41, 5.74) is 5.29. The van der Waals surface area contributed by atoms with Gasteiger partial charge in [-0.25, -0.2) is 14.2 Å². The summed E-state index contributed by atoms with van der Waals surface area (Å²) >= 11 is 0. The molecule has 13 heteroatoms. The van der Waals surface area contributed by atoms with Crippen molar-refractivity contribution < 1.29 is 27.1 Å². The maximum absolute atomic E-state index is 14.5. The second-order valence-electron chi connectivity index (χ2n) is 10.1. The standard InChI is InChI=1S/C29H31F4N7O2/c1-38-13-15-39(16-14-38)12-2-11-35-28-36-24-10-8-22(18-25(24)37-28)42-21-6-4-20(5-7-21)40(27(34)41)26-17-19(29(31,32)33)3-9-23(26)30/h3-10,17-18H,2,11-16H2,1H3,(H2,34,41)(H2,35,36,37). The topological polar surface area (TPSA) is 103 Å². The van der Waals surface area contributed by atoms with Gasteiger partial charge in [-0.15, -0.1) is 0 Å². The Morgan fingerprint density at radius 2 is 1.76 bits per heavy atom. The lowest BCUT2D eigenvalue weighted by Gasteiger charge is -2.32. The van der Waals surface area contributed by atoms with E-state index in [9.17, 15) is 22.4 Å². The third-order valence-electron chi connectivity index (χ3n) is 7.06. The average Bonchev–Trinajstić information content (AvgIpc) is 3.35. The van der Waals surface area contributed by atoms with Gasteiger partial charge < -0.3 is 30.6 Å². The summed E-state index contributed by atoms with van der Waals surface area (Å²) in [6.45, 7) is 6.18. The number of nitrogens with zero attached hydrogens (tertiary/aromatic N) is 4. The largest absolute Gasteiger partial charge is 0.457 e. The molecule has 1 aliphatic rings. The molecule has 2 amide bonds. The molecule has 3 aromatic carbocycles. The van der Waals surface area contributed by atoms with E-state index < -0.39 is 29.3 Å². The number of anilines is 3. The number of benzene rings is 3. The molecule has 0 bridgehead atoms. The minimum atomic E-state index is -4.72. The molecule has 4 aromatic rings. The maximum atomic E-state index is 14.5. The normalized spacial score (nSPS) is 14.7. The van der Waals surface area contributed by atoms with Crippen LogP contribution >= 0.6 is 0 Å². The molecule has 4 N–H and O–H groups in total. The zero-order valence-corrected chi connectivity index (χ0v) is 22.9. The maximum Gasteiger partial charge on any atom is 0.416 e. The van der Waals surface area contributed by atoms with E-state index in [1.165, 1.54) is 24.3 Å². The van der Waals surface area contributed by atoms with Crippen LogP contribution in [-0.4, -0.2) is 72.1 Å². The second kappa shape index (κ2) is 12.2. The van der Waals surface area contributed by atoms with Crippen molar-refractivity contribution in [2.24, 2.45) is 5.73 Å². The number of likely N-dealkylation sites (N-methyl/N-ethyl adjacent to an activating group) is 1. The van der Waals surface area contributed by atoms with Crippen LogP contribution in [0.2, 0.25) is 0 Å². The van der Waals surface area contributed by atoms with Crippen molar-refractivity contribution >= 4 is 34.4 Å². The number of fused-ring (bicyclic) bond motifs is 1. The Morgan fingerprint density at radius 1 is 1.05 bits per heavy atom. The molecular formula is C29H31F4N7O2. The fourth-order valence-electron chi connectivity index (χ4n) is 4.76. The molecule has 1 fully saturated rings. The van der Waals surface area contributed by atoms with Crippen LogP contribution in [0.15, 0.2) is 60.7 Å². The van der Waals surface area contributed by atoms with Gasteiger partial charge in [0.25, 0.3) is 0 Å². The number of urea groups is 1. The number of nitrogens with two attached hydrogens (primary N) is 1. The number of aromatic nitrogens is 2. The van der Waals surface area contributed by atoms with Crippen LogP contribution in [0.3, 0.4) is 0 Å². The third-order valence-corrected chi connectivity index (χ3v) is 7.06. The highest BCUT2D eigenvalue weighted by Gasteiger charge is 2.32. The Labute approximate surface area is 239 Å². The lowest BCUT2D eigenvalue weighted by atomic mass is 10.1. The Bertz CT molecular complexity index is 1530. The molecule has 0 atom stereocenters. The minimum Gasteiger partial charge on any atom is -0.457 e.